The van der Waals surface area contributed by atoms with E-state index in [-0.39, 0.29) is 23.6 Å². The van der Waals surface area contributed by atoms with Gasteiger partial charge in [-0.25, -0.2) is 0 Å². The molecule has 1 aliphatic heterocycles. The molecule has 3 rings (SSSR count). The summed E-state index contributed by atoms with van der Waals surface area (Å²) >= 11 is 0. The maximum Gasteiger partial charge on any atom is 0.254 e. The molecule has 1 atom stereocenters. The molecule has 2 aromatic carbocycles. The van der Waals surface area contributed by atoms with Crippen LogP contribution in [-0.2, 0) is 4.79 Å². The molecule has 1 heterocycles. The summed E-state index contributed by atoms with van der Waals surface area (Å²) in [5, 5.41) is 5.92. The number of rotatable bonds is 8. The quantitative estimate of drug-likeness (QED) is 0.625. The minimum absolute atomic E-state index is 0.0135. The number of hydrogen-bond donors (Lipinski definition) is 2. The van der Waals surface area contributed by atoms with Gasteiger partial charge in [0, 0.05) is 30.8 Å². The minimum atomic E-state index is -0.663. The molecule has 1 unspecified atom stereocenters. The molecule has 0 aliphatic carbocycles. The number of ether oxygens (including phenoxy) is 1. The van der Waals surface area contributed by atoms with Crippen LogP contribution in [0.15, 0.2) is 48.5 Å². The molecular weight excluding hydrogens is 430 g/mol. The van der Waals surface area contributed by atoms with E-state index < -0.39 is 6.04 Å². The Hall–Kier alpha value is -3.35. The molecule has 2 N–H and O–H groups in total. The molecule has 1 aliphatic rings. The second kappa shape index (κ2) is 11.7. The van der Waals surface area contributed by atoms with E-state index in [4.69, 9.17) is 4.74 Å². The van der Waals surface area contributed by atoms with Gasteiger partial charge in [-0.2, -0.15) is 0 Å². The second-order valence-corrected chi connectivity index (χ2v) is 9.26. The van der Waals surface area contributed by atoms with Gasteiger partial charge in [-0.05, 0) is 67.5 Å². The van der Waals surface area contributed by atoms with Gasteiger partial charge in [-0.15, -0.1) is 0 Å². The number of nitrogens with one attached hydrogen (secondary N) is 2. The monoisotopic (exact) mass is 465 g/mol. The van der Waals surface area contributed by atoms with Crippen molar-refractivity contribution in [3.05, 3.63) is 65.2 Å². The summed E-state index contributed by atoms with van der Waals surface area (Å²) in [5.74, 6) is 0.434. The van der Waals surface area contributed by atoms with E-state index in [1.165, 1.54) is 0 Å². The van der Waals surface area contributed by atoms with Gasteiger partial charge in [-0.1, -0.05) is 32.0 Å². The lowest BCUT2D eigenvalue weighted by molar-refractivity contribution is -0.124. The molecule has 2 aromatic rings. The number of benzene rings is 2. The van der Waals surface area contributed by atoms with E-state index in [0.717, 1.165) is 5.56 Å². The fourth-order valence-electron chi connectivity index (χ4n) is 4.20. The number of nitrogens with zero attached hydrogens (tertiary/aromatic N) is 1. The molecule has 0 saturated carbocycles. The average molecular weight is 466 g/mol. The van der Waals surface area contributed by atoms with Crippen molar-refractivity contribution in [2.45, 2.75) is 39.7 Å². The molecule has 0 radical (unpaired) electrons. The summed E-state index contributed by atoms with van der Waals surface area (Å²) in [7, 11) is 1.57. The average Bonchev–Trinajstić information content (AvgIpc) is 2.85. The van der Waals surface area contributed by atoms with Crippen molar-refractivity contribution in [2.75, 3.05) is 26.7 Å². The summed E-state index contributed by atoms with van der Waals surface area (Å²) in [4.78, 5) is 40.8. The van der Waals surface area contributed by atoms with Gasteiger partial charge in [0.05, 0.1) is 7.11 Å². The lowest BCUT2D eigenvalue weighted by atomic mass is 9.88. The Kier molecular flexibility index (Phi) is 8.68. The summed E-state index contributed by atoms with van der Waals surface area (Å²) in [5.41, 5.74) is 2.13. The fourth-order valence-corrected chi connectivity index (χ4v) is 4.20. The van der Waals surface area contributed by atoms with Crippen LogP contribution in [0.4, 0.5) is 0 Å². The van der Waals surface area contributed by atoms with E-state index in [9.17, 15) is 14.4 Å². The normalized spacial score (nSPS) is 15.0. The van der Waals surface area contributed by atoms with Crippen LogP contribution in [0.1, 0.15) is 53.0 Å². The number of methoxy groups -OCH3 is 1. The van der Waals surface area contributed by atoms with Crippen molar-refractivity contribution in [3.63, 3.8) is 0 Å². The number of hydrogen-bond acceptors (Lipinski definition) is 4. The number of aryl methyl sites for hydroxylation is 1. The second-order valence-electron chi connectivity index (χ2n) is 9.26. The molecule has 0 spiro atoms. The number of carbonyl (C=O) groups is 3. The van der Waals surface area contributed by atoms with E-state index in [0.29, 0.717) is 55.3 Å². The van der Waals surface area contributed by atoms with Crippen LogP contribution in [-0.4, -0.2) is 55.4 Å². The first-order valence-electron chi connectivity index (χ1n) is 11.9. The van der Waals surface area contributed by atoms with Crippen LogP contribution < -0.4 is 15.4 Å². The Bertz CT molecular complexity index is 995. The van der Waals surface area contributed by atoms with Gasteiger partial charge in [0.1, 0.15) is 11.8 Å². The Balaban J connectivity index is 1.69. The van der Waals surface area contributed by atoms with Crippen molar-refractivity contribution in [1.82, 2.24) is 15.5 Å². The summed E-state index contributed by atoms with van der Waals surface area (Å²) in [6.45, 7) is 7.62. The Labute approximate surface area is 201 Å². The third-order valence-electron chi connectivity index (χ3n) is 6.28. The van der Waals surface area contributed by atoms with Crippen molar-refractivity contribution < 1.29 is 19.1 Å². The van der Waals surface area contributed by atoms with Crippen molar-refractivity contribution in [2.24, 2.45) is 11.8 Å². The lowest BCUT2D eigenvalue weighted by Crippen LogP contribution is -2.54. The van der Waals surface area contributed by atoms with E-state index >= 15 is 0 Å². The number of likely N-dealkylation sites (tertiary alicyclic amines) is 1. The first-order chi connectivity index (χ1) is 16.3. The van der Waals surface area contributed by atoms with Crippen molar-refractivity contribution >= 4 is 17.7 Å². The smallest absolute Gasteiger partial charge is 0.254 e. The van der Waals surface area contributed by atoms with Gasteiger partial charge in [-0.3, -0.25) is 14.4 Å². The number of piperidine rings is 1. The molecule has 7 nitrogen and oxygen atoms in total. The highest BCUT2D eigenvalue weighted by Crippen LogP contribution is 2.24. The first-order valence-corrected chi connectivity index (χ1v) is 11.9. The predicted octanol–water partition coefficient (Wildman–Crippen LogP) is 3.43. The van der Waals surface area contributed by atoms with Crippen LogP contribution in [0.3, 0.4) is 0 Å². The molecule has 7 heteroatoms. The van der Waals surface area contributed by atoms with Crippen LogP contribution in [0.25, 0.3) is 0 Å². The Morgan fingerprint density at radius 2 is 1.68 bits per heavy atom. The molecule has 1 saturated heterocycles. The topological polar surface area (TPSA) is 87.7 Å². The highest BCUT2D eigenvalue weighted by atomic mass is 16.5. The number of carbonyl (C=O) groups excluding carboxylic acids is 3. The van der Waals surface area contributed by atoms with Gasteiger partial charge in [0.25, 0.3) is 11.8 Å². The Morgan fingerprint density at radius 3 is 2.26 bits per heavy atom. The molecule has 3 amide bonds. The molecule has 0 aromatic heterocycles. The lowest BCUT2D eigenvalue weighted by Gasteiger charge is -2.36. The molecule has 1 fully saturated rings. The van der Waals surface area contributed by atoms with Gasteiger partial charge >= 0.3 is 0 Å². The third kappa shape index (κ3) is 6.37. The summed E-state index contributed by atoms with van der Waals surface area (Å²) in [6, 6.07) is 13.7. The highest BCUT2D eigenvalue weighted by Gasteiger charge is 2.34. The van der Waals surface area contributed by atoms with Crippen LogP contribution >= 0.6 is 0 Å². The summed E-state index contributed by atoms with van der Waals surface area (Å²) in [6.07, 6.45) is 1.28. The zero-order valence-electron chi connectivity index (χ0n) is 20.5. The van der Waals surface area contributed by atoms with Crippen LogP contribution in [0, 0.1) is 18.8 Å². The molecule has 182 valence electrons. The van der Waals surface area contributed by atoms with Gasteiger partial charge in [0.15, 0.2) is 0 Å². The van der Waals surface area contributed by atoms with E-state index in [1.54, 1.807) is 31.4 Å². The zero-order valence-corrected chi connectivity index (χ0v) is 20.5. The SMILES string of the molecule is COc1ccc(C(=O)NC(C(=O)NCC(C)C)C2CCN(C(=O)c3ccccc3C)CC2)cc1. The number of amides is 3. The fraction of sp³-hybridized carbons (Fsp3) is 0.444. The summed E-state index contributed by atoms with van der Waals surface area (Å²) < 4.78 is 5.16. The largest absolute Gasteiger partial charge is 0.497 e. The molecule has 34 heavy (non-hydrogen) atoms. The molecule has 0 bridgehead atoms. The highest BCUT2D eigenvalue weighted by molar-refractivity contribution is 5.98. The third-order valence-corrected chi connectivity index (χ3v) is 6.28. The molecular formula is C27H35N3O4. The standard InChI is InChI=1S/C27H35N3O4/c1-18(2)17-28-26(32)24(29-25(31)21-9-11-22(34-4)12-10-21)20-13-15-30(16-14-20)27(33)23-8-6-5-7-19(23)3/h5-12,18,20,24H,13-17H2,1-4H3,(H,28,32)(H,29,31). The van der Waals surface area contributed by atoms with Crippen LogP contribution in [0.5, 0.6) is 5.75 Å². The van der Waals surface area contributed by atoms with Crippen molar-refractivity contribution in [1.29, 1.82) is 0 Å². The maximum absolute atomic E-state index is 13.1. The minimum Gasteiger partial charge on any atom is -0.497 e. The van der Waals surface area contributed by atoms with Crippen LogP contribution in [0.2, 0.25) is 0 Å². The Morgan fingerprint density at radius 1 is 1.03 bits per heavy atom. The van der Waals surface area contributed by atoms with E-state index in [1.807, 2.05) is 49.9 Å². The van der Waals surface area contributed by atoms with E-state index in [2.05, 4.69) is 10.6 Å². The van der Waals surface area contributed by atoms with Gasteiger partial charge in [0.2, 0.25) is 5.91 Å². The zero-order chi connectivity index (χ0) is 24.7. The van der Waals surface area contributed by atoms with Gasteiger partial charge < -0.3 is 20.3 Å². The predicted molar refractivity (Wildman–Crippen MR) is 132 cm³/mol. The maximum atomic E-state index is 13.1. The first kappa shape index (κ1) is 25.3. The van der Waals surface area contributed by atoms with Crippen molar-refractivity contribution in [3.8, 4) is 5.75 Å².